The van der Waals surface area contributed by atoms with Gasteiger partial charge in [-0.25, -0.2) is 0 Å². The number of morpholine rings is 1. The van der Waals surface area contributed by atoms with Crippen LogP contribution < -0.4 is 10.2 Å². The fourth-order valence-corrected chi connectivity index (χ4v) is 4.23. The Balaban J connectivity index is 1.46. The molecule has 6 nitrogen and oxygen atoms in total. The second-order valence-corrected chi connectivity index (χ2v) is 8.12. The number of carbonyl (C=O) groups excluding carboxylic acids is 2. The lowest BCUT2D eigenvalue weighted by atomic mass is 10.0. The molecule has 2 aliphatic rings. The molecule has 1 atom stereocenters. The van der Waals surface area contributed by atoms with Crippen LogP contribution >= 0.6 is 0 Å². The molecule has 2 heterocycles. The Morgan fingerprint density at radius 3 is 2.63 bits per heavy atom. The monoisotopic (exact) mass is 408 g/mol. The van der Waals surface area contributed by atoms with Crippen LogP contribution in [0.3, 0.4) is 0 Å². The molecule has 2 aromatic carbocycles. The van der Waals surface area contributed by atoms with Gasteiger partial charge in [0, 0.05) is 25.1 Å². The van der Waals surface area contributed by atoms with Gasteiger partial charge >= 0.3 is 0 Å². The molecule has 6 heteroatoms. The van der Waals surface area contributed by atoms with Crippen LogP contribution in [0.1, 0.15) is 40.4 Å². The first kappa shape index (κ1) is 20.6. The molecule has 2 aliphatic heterocycles. The highest BCUT2D eigenvalue weighted by Gasteiger charge is 2.24. The van der Waals surface area contributed by atoms with E-state index in [0.717, 1.165) is 56.9 Å². The number of likely N-dealkylation sites (tertiary alicyclic amines) is 1. The van der Waals surface area contributed by atoms with Gasteiger partial charge in [0.15, 0.2) is 0 Å². The Hall–Kier alpha value is -2.70. The lowest BCUT2D eigenvalue weighted by Gasteiger charge is -2.28. The number of quaternary nitrogens is 1. The second kappa shape index (κ2) is 9.87. The Kier molecular flexibility index (Phi) is 6.77. The minimum Gasteiger partial charge on any atom is -0.370 e. The lowest BCUT2D eigenvalue weighted by Crippen LogP contribution is -3.14. The number of hydrogen-bond acceptors (Lipinski definition) is 3. The summed E-state index contributed by atoms with van der Waals surface area (Å²) in [6.07, 6.45) is 1.55. The molecule has 0 bridgehead atoms. The summed E-state index contributed by atoms with van der Waals surface area (Å²) in [5.74, 6) is 0.119. The molecule has 0 spiro atoms. The van der Waals surface area contributed by atoms with Crippen molar-refractivity contribution >= 4 is 11.8 Å². The average molecular weight is 409 g/mol. The average Bonchev–Trinajstić information content (AvgIpc) is 3.19. The van der Waals surface area contributed by atoms with E-state index in [9.17, 15) is 9.59 Å². The molecule has 30 heavy (non-hydrogen) atoms. The fourth-order valence-electron chi connectivity index (χ4n) is 4.23. The second-order valence-electron chi connectivity index (χ2n) is 8.12. The van der Waals surface area contributed by atoms with Crippen LogP contribution in [-0.4, -0.2) is 56.1 Å². The summed E-state index contributed by atoms with van der Waals surface area (Å²) < 4.78 is 5.48. The largest absolute Gasteiger partial charge is 0.370 e. The first-order valence-electron chi connectivity index (χ1n) is 10.8. The van der Waals surface area contributed by atoms with Gasteiger partial charge in [-0.15, -0.1) is 0 Å². The molecule has 2 saturated heterocycles. The van der Waals surface area contributed by atoms with Crippen LogP contribution in [-0.2, 0) is 16.1 Å². The molecule has 0 saturated carbocycles. The number of amides is 2. The Morgan fingerprint density at radius 1 is 1.10 bits per heavy atom. The van der Waals surface area contributed by atoms with Crippen molar-refractivity contribution in [2.45, 2.75) is 25.4 Å². The molecule has 2 aromatic rings. The number of rotatable bonds is 7. The van der Waals surface area contributed by atoms with Crippen molar-refractivity contribution in [2.24, 2.45) is 0 Å². The summed E-state index contributed by atoms with van der Waals surface area (Å²) in [5.41, 5.74) is 2.74. The van der Waals surface area contributed by atoms with E-state index < -0.39 is 0 Å². The smallest absolute Gasteiger partial charge is 0.251 e. The van der Waals surface area contributed by atoms with Gasteiger partial charge in [0.1, 0.15) is 25.7 Å². The maximum atomic E-state index is 13.1. The van der Waals surface area contributed by atoms with Gasteiger partial charge in [-0.3, -0.25) is 9.59 Å². The molecule has 0 radical (unpaired) electrons. The Labute approximate surface area is 177 Å². The molecule has 0 aliphatic carbocycles. The highest BCUT2D eigenvalue weighted by molar-refractivity contribution is 5.94. The van der Waals surface area contributed by atoms with Crippen LogP contribution in [0, 0.1) is 0 Å². The third kappa shape index (κ3) is 5.26. The first-order valence-corrected chi connectivity index (χ1v) is 10.8. The summed E-state index contributed by atoms with van der Waals surface area (Å²) in [7, 11) is 0. The van der Waals surface area contributed by atoms with E-state index >= 15 is 0 Å². The fraction of sp³-hybridized carbons (Fsp3) is 0.417. The zero-order chi connectivity index (χ0) is 20.8. The minimum absolute atomic E-state index is 0.0596. The molecule has 158 valence electrons. The summed E-state index contributed by atoms with van der Waals surface area (Å²) in [6, 6.07) is 17.7. The van der Waals surface area contributed by atoms with Gasteiger partial charge in [-0.05, 0) is 29.7 Å². The quantitative estimate of drug-likeness (QED) is 0.724. The SMILES string of the molecule is O=C(N[C@@H](C[NH+]1CCOCC1)c1ccccc1)c1cccc(CN2CCCC2=O)c1. The molecule has 4 rings (SSSR count). The maximum Gasteiger partial charge on any atom is 0.251 e. The lowest BCUT2D eigenvalue weighted by molar-refractivity contribution is -0.909. The first-order chi connectivity index (χ1) is 14.7. The summed E-state index contributed by atoms with van der Waals surface area (Å²) in [6.45, 7) is 5.65. The van der Waals surface area contributed by atoms with E-state index in [4.69, 9.17) is 4.74 Å². The third-order valence-electron chi connectivity index (χ3n) is 5.93. The molecular weight excluding hydrogens is 378 g/mol. The zero-order valence-electron chi connectivity index (χ0n) is 17.3. The molecule has 2 amide bonds. The minimum atomic E-state index is -0.0777. The van der Waals surface area contributed by atoms with Crippen molar-refractivity contribution in [3.8, 4) is 0 Å². The van der Waals surface area contributed by atoms with Crippen molar-refractivity contribution in [2.75, 3.05) is 39.4 Å². The van der Waals surface area contributed by atoms with E-state index in [-0.39, 0.29) is 17.9 Å². The number of nitrogens with one attached hydrogen (secondary N) is 2. The number of hydrogen-bond donors (Lipinski definition) is 2. The van der Waals surface area contributed by atoms with Gasteiger partial charge in [-0.1, -0.05) is 42.5 Å². The highest BCUT2D eigenvalue weighted by atomic mass is 16.5. The van der Waals surface area contributed by atoms with Gasteiger partial charge in [0.05, 0.1) is 13.2 Å². The number of benzene rings is 2. The van der Waals surface area contributed by atoms with Gasteiger partial charge in [0.2, 0.25) is 5.91 Å². The normalized spacial score (nSPS) is 18.4. The van der Waals surface area contributed by atoms with E-state index in [1.807, 2.05) is 47.4 Å². The topological polar surface area (TPSA) is 63.1 Å². The Bertz CT molecular complexity index is 865. The molecular formula is C24H30N3O3+. The van der Waals surface area contributed by atoms with Gasteiger partial charge in [-0.2, -0.15) is 0 Å². The molecule has 0 unspecified atom stereocenters. The maximum absolute atomic E-state index is 13.1. The summed E-state index contributed by atoms with van der Waals surface area (Å²) in [4.78, 5) is 28.3. The van der Waals surface area contributed by atoms with E-state index in [1.54, 1.807) is 0 Å². The van der Waals surface area contributed by atoms with Crippen LogP contribution in [0.15, 0.2) is 54.6 Å². The van der Waals surface area contributed by atoms with E-state index in [1.165, 1.54) is 4.90 Å². The van der Waals surface area contributed by atoms with Crippen LogP contribution in [0.5, 0.6) is 0 Å². The zero-order valence-corrected chi connectivity index (χ0v) is 17.3. The van der Waals surface area contributed by atoms with Crippen molar-refractivity contribution in [1.82, 2.24) is 10.2 Å². The summed E-state index contributed by atoms with van der Waals surface area (Å²) in [5, 5.41) is 3.25. The predicted octanol–water partition coefficient (Wildman–Crippen LogP) is 1.20. The van der Waals surface area contributed by atoms with Crippen LogP contribution in [0.2, 0.25) is 0 Å². The number of nitrogens with zero attached hydrogens (tertiary/aromatic N) is 1. The van der Waals surface area contributed by atoms with Gasteiger partial charge in [0.25, 0.3) is 5.91 Å². The van der Waals surface area contributed by atoms with Crippen molar-refractivity contribution in [1.29, 1.82) is 0 Å². The van der Waals surface area contributed by atoms with Crippen molar-refractivity contribution in [3.05, 3.63) is 71.3 Å². The molecule has 2 N–H and O–H groups in total. The van der Waals surface area contributed by atoms with Gasteiger partial charge < -0.3 is 19.9 Å². The van der Waals surface area contributed by atoms with Crippen LogP contribution in [0.4, 0.5) is 0 Å². The van der Waals surface area contributed by atoms with Crippen molar-refractivity contribution < 1.29 is 19.2 Å². The predicted molar refractivity (Wildman–Crippen MR) is 114 cm³/mol. The number of carbonyl (C=O) groups is 2. The highest BCUT2D eigenvalue weighted by Crippen LogP contribution is 2.16. The molecule has 0 aromatic heterocycles. The van der Waals surface area contributed by atoms with E-state index in [0.29, 0.717) is 18.5 Å². The van der Waals surface area contributed by atoms with E-state index in [2.05, 4.69) is 17.4 Å². The molecule has 2 fully saturated rings. The number of ether oxygens (including phenoxy) is 1. The van der Waals surface area contributed by atoms with Crippen molar-refractivity contribution in [3.63, 3.8) is 0 Å². The van der Waals surface area contributed by atoms with Crippen LogP contribution in [0.25, 0.3) is 0 Å². The third-order valence-corrected chi connectivity index (χ3v) is 5.93. The summed E-state index contributed by atoms with van der Waals surface area (Å²) >= 11 is 0. The Morgan fingerprint density at radius 2 is 1.90 bits per heavy atom. The standard InChI is InChI=1S/C24H29N3O3/c28-23-10-5-11-27(23)17-19-6-4-9-21(16-19)24(29)25-22(20-7-2-1-3-8-20)18-26-12-14-30-15-13-26/h1-4,6-9,16,22H,5,10-15,17-18H2,(H,25,29)/p+1/t22-/m0/s1.